The van der Waals surface area contributed by atoms with Crippen LogP contribution < -0.4 is 10.2 Å². The summed E-state index contributed by atoms with van der Waals surface area (Å²) in [7, 11) is 0. The van der Waals surface area contributed by atoms with Gasteiger partial charge in [0.2, 0.25) is 0 Å². The fourth-order valence-electron chi connectivity index (χ4n) is 3.77. The van der Waals surface area contributed by atoms with Crippen LogP contribution in [0.25, 0.3) is 0 Å². The van der Waals surface area contributed by atoms with E-state index in [0.29, 0.717) is 6.54 Å². The van der Waals surface area contributed by atoms with Gasteiger partial charge in [0.25, 0.3) is 0 Å². The van der Waals surface area contributed by atoms with Crippen LogP contribution in [0, 0.1) is 0 Å². The highest BCUT2D eigenvalue weighted by Gasteiger charge is 2.24. The van der Waals surface area contributed by atoms with Crippen LogP contribution in [0.4, 0.5) is 16.2 Å². The summed E-state index contributed by atoms with van der Waals surface area (Å²) >= 11 is 6.14. The maximum Gasteiger partial charge on any atom is 0.412 e. The van der Waals surface area contributed by atoms with Gasteiger partial charge >= 0.3 is 6.09 Å². The number of hydrogen-bond donors (Lipinski definition) is 1. The molecule has 1 saturated heterocycles. The number of anilines is 2. The number of amides is 1. The monoisotopic (exact) mass is 435 g/mol. The minimum Gasteiger partial charge on any atom is -0.440 e. The van der Waals surface area contributed by atoms with Gasteiger partial charge < -0.3 is 9.64 Å². The molecule has 1 amide bonds. The molecule has 1 heterocycles. The fraction of sp³-hybridized carbons (Fsp3) is 0.240. The number of ether oxygens (including phenoxy) is 1. The lowest BCUT2D eigenvalue weighted by Crippen LogP contribution is -2.48. The molecule has 1 N–H and O–H groups in total. The van der Waals surface area contributed by atoms with Gasteiger partial charge in [-0.25, -0.2) is 4.79 Å². The molecule has 0 spiro atoms. The minimum atomic E-state index is -0.447. The van der Waals surface area contributed by atoms with Crippen molar-refractivity contribution in [3.8, 4) is 0 Å². The van der Waals surface area contributed by atoms with Crippen molar-refractivity contribution in [1.82, 2.24) is 4.90 Å². The van der Waals surface area contributed by atoms with Crippen molar-refractivity contribution in [2.75, 3.05) is 42.9 Å². The van der Waals surface area contributed by atoms with E-state index in [1.165, 1.54) is 0 Å². The molecule has 0 bridgehead atoms. The van der Waals surface area contributed by atoms with Crippen molar-refractivity contribution in [3.05, 3.63) is 95.5 Å². The second-order valence-electron chi connectivity index (χ2n) is 7.56. The molecule has 0 aromatic heterocycles. The molecular weight excluding hydrogens is 410 g/mol. The number of halogens is 1. The second kappa shape index (κ2) is 10.3. The molecule has 1 atom stereocenters. The lowest BCUT2D eigenvalue weighted by molar-refractivity contribution is 0.0773. The summed E-state index contributed by atoms with van der Waals surface area (Å²) in [6.45, 7) is 4.23. The SMILES string of the molecule is O=C(Nc1ccccc1)OC(CN1CCN(c2cccc(Cl)c2)CC1)c1ccccc1. The molecule has 0 saturated carbocycles. The van der Waals surface area contributed by atoms with Gasteiger partial charge in [-0.2, -0.15) is 0 Å². The Bertz CT molecular complexity index is 976. The van der Waals surface area contributed by atoms with Gasteiger partial charge in [-0.1, -0.05) is 66.2 Å². The van der Waals surface area contributed by atoms with E-state index >= 15 is 0 Å². The van der Waals surface area contributed by atoms with Crippen LogP contribution in [0.3, 0.4) is 0 Å². The molecule has 6 heteroatoms. The molecular formula is C25H26ClN3O2. The predicted octanol–water partition coefficient (Wildman–Crippen LogP) is 5.45. The molecule has 3 aromatic carbocycles. The smallest absolute Gasteiger partial charge is 0.412 e. The van der Waals surface area contributed by atoms with Crippen molar-refractivity contribution in [2.24, 2.45) is 0 Å². The van der Waals surface area contributed by atoms with E-state index in [9.17, 15) is 4.79 Å². The van der Waals surface area contributed by atoms with Crippen LogP contribution in [0.1, 0.15) is 11.7 Å². The highest BCUT2D eigenvalue weighted by molar-refractivity contribution is 6.30. The first kappa shape index (κ1) is 21.2. The molecule has 0 radical (unpaired) electrons. The van der Waals surface area contributed by atoms with Crippen LogP contribution in [-0.2, 0) is 4.74 Å². The molecule has 0 aliphatic carbocycles. The largest absolute Gasteiger partial charge is 0.440 e. The Hall–Kier alpha value is -3.02. The van der Waals surface area contributed by atoms with Crippen LogP contribution >= 0.6 is 11.6 Å². The van der Waals surface area contributed by atoms with Gasteiger partial charge in [-0.15, -0.1) is 0 Å². The number of piperazine rings is 1. The number of benzene rings is 3. The van der Waals surface area contributed by atoms with Crippen molar-refractivity contribution >= 4 is 29.1 Å². The van der Waals surface area contributed by atoms with Gasteiger partial charge in [0.1, 0.15) is 6.10 Å². The number of carbonyl (C=O) groups is 1. The lowest BCUT2D eigenvalue weighted by Gasteiger charge is -2.37. The zero-order chi connectivity index (χ0) is 21.5. The van der Waals surface area contributed by atoms with Crippen molar-refractivity contribution in [2.45, 2.75) is 6.10 Å². The molecule has 4 rings (SSSR count). The maximum atomic E-state index is 12.5. The summed E-state index contributed by atoms with van der Waals surface area (Å²) in [5, 5.41) is 3.56. The van der Waals surface area contributed by atoms with Gasteiger partial charge in [0.05, 0.1) is 0 Å². The fourth-order valence-corrected chi connectivity index (χ4v) is 3.96. The zero-order valence-corrected chi connectivity index (χ0v) is 18.0. The molecule has 1 aliphatic rings. The van der Waals surface area contributed by atoms with Gasteiger partial charge in [-0.3, -0.25) is 10.2 Å². The van der Waals surface area contributed by atoms with Crippen molar-refractivity contribution < 1.29 is 9.53 Å². The zero-order valence-electron chi connectivity index (χ0n) is 17.3. The van der Waals surface area contributed by atoms with Crippen LogP contribution in [-0.4, -0.2) is 43.7 Å². The molecule has 1 unspecified atom stereocenters. The average molecular weight is 436 g/mol. The quantitative estimate of drug-likeness (QED) is 0.559. The van der Waals surface area contributed by atoms with E-state index in [4.69, 9.17) is 16.3 Å². The van der Waals surface area contributed by atoms with Gasteiger partial charge in [-0.05, 0) is 35.9 Å². The van der Waals surface area contributed by atoms with E-state index in [1.807, 2.05) is 78.9 Å². The molecule has 31 heavy (non-hydrogen) atoms. The number of nitrogens with one attached hydrogen (secondary N) is 1. The third-order valence-electron chi connectivity index (χ3n) is 5.41. The van der Waals surface area contributed by atoms with Gasteiger partial charge in [0, 0.05) is 49.1 Å². The summed E-state index contributed by atoms with van der Waals surface area (Å²) in [5.41, 5.74) is 2.85. The average Bonchev–Trinajstić information content (AvgIpc) is 2.80. The maximum absolute atomic E-state index is 12.5. The van der Waals surface area contributed by atoms with E-state index in [0.717, 1.165) is 48.1 Å². The predicted molar refractivity (Wildman–Crippen MR) is 126 cm³/mol. The lowest BCUT2D eigenvalue weighted by atomic mass is 10.1. The standard InChI is InChI=1S/C25H26ClN3O2/c26-21-10-7-13-23(18-21)29-16-14-28(15-17-29)19-24(20-8-3-1-4-9-20)31-25(30)27-22-11-5-2-6-12-22/h1-13,18,24H,14-17,19H2,(H,27,30). The molecule has 3 aromatic rings. The van der Waals surface area contributed by atoms with Crippen molar-refractivity contribution in [3.63, 3.8) is 0 Å². The number of nitrogens with zero attached hydrogens (tertiary/aromatic N) is 2. The Labute approximate surface area is 188 Å². The summed E-state index contributed by atoms with van der Waals surface area (Å²) in [6, 6.07) is 27.2. The molecule has 1 fully saturated rings. The number of para-hydroxylation sites is 1. The Kier molecular flexibility index (Phi) is 7.07. The summed E-state index contributed by atoms with van der Waals surface area (Å²) < 4.78 is 5.85. The Morgan fingerprint density at radius 3 is 2.26 bits per heavy atom. The van der Waals surface area contributed by atoms with E-state index in [2.05, 4.69) is 21.2 Å². The molecule has 5 nitrogen and oxygen atoms in total. The summed E-state index contributed by atoms with van der Waals surface area (Å²) in [4.78, 5) is 17.2. The topological polar surface area (TPSA) is 44.8 Å². The Morgan fingerprint density at radius 2 is 1.58 bits per heavy atom. The van der Waals surface area contributed by atoms with Crippen LogP contribution in [0.2, 0.25) is 5.02 Å². The molecule has 160 valence electrons. The first-order valence-electron chi connectivity index (χ1n) is 10.5. The van der Waals surface area contributed by atoms with Crippen molar-refractivity contribution in [1.29, 1.82) is 0 Å². The highest BCUT2D eigenvalue weighted by atomic mass is 35.5. The number of hydrogen-bond acceptors (Lipinski definition) is 4. The van der Waals surface area contributed by atoms with E-state index in [-0.39, 0.29) is 6.10 Å². The van der Waals surface area contributed by atoms with Gasteiger partial charge in [0.15, 0.2) is 0 Å². The second-order valence-corrected chi connectivity index (χ2v) is 8.00. The van der Waals surface area contributed by atoms with Crippen LogP contribution in [0.5, 0.6) is 0 Å². The first-order valence-corrected chi connectivity index (χ1v) is 10.9. The third kappa shape index (κ3) is 6.00. The van der Waals surface area contributed by atoms with Crippen LogP contribution in [0.15, 0.2) is 84.9 Å². The normalized spacial score (nSPS) is 15.3. The number of rotatable bonds is 6. The number of carbonyl (C=O) groups excluding carboxylic acids is 1. The van der Waals surface area contributed by atoms with E-state index < -0.39 is 6.09 Å². The minimum absolute atomic E-state index is 0.345. The summed E-state index contributed by atoms with van der Waals surface area (Å²) in [5.74, 6) is 0. The van der Waals surface area contributed by atoms with E-state index in [1.54, 1.807) is 0 Å². The first-order chi connectivity index (χ1) is 15.2. The molecule has 1 aliphatic heterocycles. The highest BCUT2D eigenvalue weighted by Crippen LogP contribution is 2.24. The Balaban J connectivity index is 1.38. The summed E-state index contributed by atoms with van der Waals surface area (Å²) in [6.07, 6.45) is -0.791. The third-order valence-corrected chi connectivity index (χ3v) is 5.65. The Morgan fingerprint density at radius 1 is 0.903 bits per heavy atom.